The number of aromatic amines is 1. The molecule has 0 aliphatic rings. The van der Waals surface area contributed by atoms with Crippen LogP contribution in [-0.4, -0.2) is 19.5 Å². The molecule has 33 heavy (non-hydrogen) atoms. The first-order chi connectivity index (χ1) is 15.1. The van der Waals surface area contributed by atoms with E-state index in [0.717, 1.165) is 16.7 Å². The van der Waals surface area contributed by atoms with Gasteiger partial charge in [0.25, 0.3) is 0 Å². The largest absolute Gasteiger partial charge is 0.418 e. The van der Waals surface area contributed by atoms with E-state index in [1.807, 2.05) is 0 Å². The van der Waals surface area contributed by atoms with Gasteiger partial charge in [0.1, 0.15) is 11.6 Å². The molecule has 0 saturated carbocycles. The lowest BCUT2D eigenvalue weighted by molar-refractivity contribution is -0.142. The highest BCUT2D eigenvalue weighted by molar-refractivity contribution is 5.83. The number of nitrogens with one attached hydrogen (secondary N) is 1. The van der Waals surface area contributed by atoms with Crippen molar-refractivity contribution in [3.63, 3.8) is 0 Å². The van der Waals surface area contributed by atoms with Gasteiger partial charge >= 0.3 is 18.5 Å². The van der Waals surface area contributed by atoms with E-state index in [1.165, 1.54) is 13.8 Å². The molecule has 4 nitrogen and oxygen atoms in total. The van der Waals surface area contributed by atoms with Crippen molar-refractivity contribution in [2.24, 2.45) is 0 Å². The van der Waals surface area contributed by atoms with Gasteiger partial charge in [0.2, 0.25) is 0 Å². The zero-order valence-corrected chi connectivity index (χ0v) is 16.8. The number of nitrogens with zero attached hydrogens (tertiary/aromatic N) is 3. The molecule has 2 aromatic heterocycles. The van der Waals surface area contributed by atoms with Crippen LogP contribution < -0.4 is 0 Å². The lowest BCUT2D eigenvalue weighted by Gasteiger charge is -2.16. The summed E-state index contributed by atoms with van der Waals surface area (Å²) in [6.45, 7) is 2.23. The van der Waals surface area contributed by atoms with Gasteiger partial charge in [0.05, 0.1) is 45.3 Å². The molecular formula is C20H13F9N4. The smallest absolute Gasteiger partial charge is 0.342 e. The van der Waals surface area contributed by atoms with Crippen LogP contribution in [0.4, 0.5) is 39.5 Å². The van der Waals surface area contributed by atoms with Crippen molar-refractivity contribution in [1.29, 1.82) is 0 Å². The SMILES string of the molecule is Cc1nc2c(Cn3c(C)nc4cc(C(F)(F)F)cc(C(F)(F)F)c43)cc(C(F)(F)F)cc2[nH]1. The lowest BCUT2D eigenvalue weighted by atomic mass is 10.1. The van der Waals surface area contributed by atoms with Crippen molar-refractivity contribution in [1.82, 2.24) is 19.5 Å². The summed E-state index contributed by atoms with van der Waals surface area (Å²) in [7, 11) is 0. The maximum Gasteiger partial charge on any atom is 0.418 e. The fourth-order valence-electron chi connectivity index (χ4n) is 3.72. The highest BCUT2D eigenvalue weighted by Gasteiger charge is 2.40. The number of aromatic nitrogens is 4. The molecule has 4 rings (SSSR count). The van der Waals surface area contributed by atoms with Crippen molar-refractivity contribution in [2.75, 3.05) is 0 Å². The molecule has 0 radical (unpaired) electrons. The highest BCUT2D eigenvalue weighted by Crippen LogP contribution is 2.41. The summed E-state index contributed by atoms with van der Waals surface area (Å²) in [5.41, 5.74) is -5.35. The molecule has 0 spiro atoms. The number of H-pyrrole nitrogens is 1. The quantitative estimate of drug-likeness (QED) is 0.327. The Hall–Kier alpha value is -3.25. The fraction of sp³-hybridized carbons (Fsp3) is 0.300. The Morgan fingerprint density at radius 2 is 1.39 bits per heavy atom. The zero-order chi connectivity index (χ0) is 24.5. The first-order valence-electron chi connectivity index (χ1n) is 9.27. The summed E-state index contributed by atoms with van der Waals surface area (Å²) in [4.78, 5) is 10.6. The summed E-state index contributed by atoms with van der Waals surface area (Å²) in [6.07, 6.45) is -15.0. The van der Waals surface area contributed by atoms with E-state index in [9.17, 15) is 39.5 Å². The van der Waals surface area contributed by atoms with Gasteiger partial charge in [-0.2, -0.15) is 39.5 Å². The number of aryl methyl sites for hydroxylation is 2. The Balaban J connectivity index is 1.99. The third kappa shape index (κ3) is 4.11. The summed E-state index contributed by atoms with van der Waals surface area (Å²) in [5, 5.41) is 0. The molecule has 0 bridgehead atoms. The van der Waals surface area contributed by atoms with Crippen LogP contribution in [-0.2, 0) is 25.1 Å². The Morgan fingerprint density at radius 1 is 0.788 bits per heavy atom. The van der Waals surface area contributed by atoms with Crippen LogP contribution in [0.2, 0.25) is 0 Å². The predicted molar refractivity (Wildman–Crippen MR) is 99.4 cm³/mol. The number of rotatable bonds is 2. The Bertz CT molecular complexity index is 1370. The number of halogens is 9. The fourth-order valence-corrected chi connectivity index (χ4v) is 3.72. The third-order valence-electron chi connectivity index (χ3n) is 5.11. The van der Waals surface area contributed by atoms with Crippen LogP contribution in [0.1, 0.15) is 33.9 Å². The predicted octanol–water partition coefficient (Wildman–Crippen LogP) is 6.63. The van der Waals surface area contributed by atoms with Crippen LogP contribution >= 0.6 is 0 Å². The minimum atomic E-state index is -5.17. The maximum absolute atomic E-state index is 13.7. The Kier molecular flexibility index (Phi) is 4.95. The second-order valence-corrected chi connectivity index (χ2v) is 7.48. The Morgan fingerprint density at radius 3 is 1.97 bits per heavy atom. The molecule has 0 saturated heterocycles. The molecule has 0 amide bonds. The van der Waals surface area contributed by atoms with Crippen LogP contribution in [0.3, 0.4) is 0 Å². The number of hydrogen-bond acceptors (Lipinski definition) is 2. The van der Waals surface area contributed by atoms with Gasteiger partial charge in [0.15, 0.2) is 0 Å². The standard InChI is InChI=1S/C20H13F9N4/c1-8-30-14-5-11(18(21,22)23)3-10(16(14)31-8)7-33-9(2)32-15-6-12(19(24,25)26)4-13(17(15)33)20(27,28)29/h3-6H,7H2,1-2H3,(H,30,31). The maximum atomic E-state index is 13.7. The van der Waals surface area contributed by atoms with Crippen molar-refractivity contribution >= 4 is 22.1 Å². The number of alkyl halides is 9. The first kappa shape index (κ1) is 22.9. The van der Waals surface area contributed by atoms with E-state index in [-0.39, 0.29) is 34.3 Å². The molecule has 0 aliphatic heterocycles. The average Bonchev–Trinajstić information content (AvgIpc) is 3.17. The van der Waals surface area contributed by atoms with Crippen LogP contribution in [0, 0.1) is 13.8 Å². The molecule has 0 atom stereocenters. The van der Waals surface area contributed by atoms with E-state index in [4.69, 9.17) is 0 Å². The van der Waals surface area contributed by atoms with E-state index >= 15 is 0 Å². The third-order valence-corrected chi connectivity index (χ3v) is 5.11. The second kappa shape index (κ2) is 7.12. The van der Waals surface area contributed by atoms with Gasteiger partial charge in [-0.25, -0.2) is 9.97 Å². The second-order valence-electron chi connectivity index (χ2n) is 7.48. The monoisotopic (exact) mass is 480 g/mol. The highest BCUT2D eigenvalue weighted by atomic mass is 19.4. The van der Waals surface area contributed by atoms with Gasteiger partial charge in [-0.3, -0.25) is 0 Å². The summed E-state index contributed by atoms with van der Waals surface area (Å²) in [5.74, 6) is 0.177. The van der Waals surface area contributed by atoms with E-state index in [2.05, 4.69) is 15.0 Å². The number of benzene rings is 2. The number of imidazole rings is 2. The number of fused-ring (bicyclic) bond motifs is 2. The van der Waals surface area contributed by atoms with Crippen molar-refractivity contribution in [3.8, 4) is 0 Å². The molecule has 0 fully saturated rings. The summed E-state index contributed by atoms with van der Waals surface area (Å²) < 4.78 is 122. The van der Waals surface area contributed by atoms with Gasteiger partial charge in [-0.15, -0.1) is 0 Å². The molecular weight excluding hydrogens is 467 g/mol. The van der Waals surface area contributed by atoms with Crippen molar-refractivity contribution < 1.29 is 39.5 Å². The first-order valence-corrected chi connectivity index (χ1v) is 9.27. The van der Waals surface area contributed by atoms with Crippen LogP contribution in [0.25, 0.3) is 22.1 Å². The molecule has 4 aromatic rings. The van der Waals surface area contributed by atoms with Gasteiger partial charge in [-0.1, -0.05) is 0 Å². The molecule has 13 heteroatoms. The minimum absolute atomic E-state index is 0.0230. The van der Waals surface area contributed by atoms with Crippen LogP contribution in [0.15, 0.2) is 24.3 Å². The van der Waals surface area contributed by atoms with Gasteiger partial charge in [-0.05, 0) is 38.1 Å². The zero-order valence-electron chi connectivity index (χ0n) is 16.8. The molecule has 0 unspecified atom stereocenters. The van der Waals surface area contributed by atoms with Gasteiger partial charge in [0, 0.05) is 5.56 Å². The average molecular weight is 480 g/mol. The molecule has 2 heterocycles. The van der Waals surface area contributed by atoms with E-state index in [1.54, 1.807) is 0 Å². The van der Waals surface area contributed by atoms with E-state index in [0.29, 0.717) is 6.07 Å². The molecule has 2 aromatic carbocycles. The minimum Gasteiger partial charge on any atom is -0.342 e. The van der Waals surface area contributed by atoms with Crippen LogP contribution in [0.5, 0.6) is 0 Å². The van der Waals surface area contributed by atoms with Crippen molar-refractivity contribution in [3.05, 3.63) is 58.2 Å². The normalized spacial score (nSPS) is 13.4. The van der Waals surface area contributed by atoms with Gasteiger partial charge < -0.3 is 9.55 Å². The number of hydrogen-bond donors (Lipinski definition) is 1. The lowest BCUT2D eigenvalue weighted by Crippen LogP contribution is -2.14. The van der Waals surface area contributed by atoms with Crippen molar-refractivity contribution in [2.45, 2.75) is 38.9 Å². The molecule has 1 N–H and O–H groups in total. The summed E-state index contributed by atoms with van der Waals surface area (Å²) in [6, 6.07) is 2.04. The molecule has 176 valence electrons. The van der Waals surface area contributed by atoms with E-state index < -0.39 is 52.8 Å². The molecule has 0 aliphatic carbocycles. The summed E-state index contributed by atoms with van der Waals surface area (Å²) >= 11 is 0. The Labute approximate surface area is 179 Å². The topological polar surface area (TPSA) is 46.5 Å².